The molecule has 118 valence electrons. The summed E-state index contributed by atoms with van der Waals surface area (Å²) in [6.45, 7) is 2.67. The molecule has 0 aliphatic carbocycles. The maximum atomic E-state index is 12.6. The second-order valence-corrected chi connectivity index (χ2v) is 5.95. The molecule has 2 aliphatic heterocycles. The number of hydrogen-bond acceptors (Lipinski definition) is 5. The lowest BCUT2D eigenvalue weighted by molar-refractivity contribution is -0.131. The van der Waals surface area contributed by atoms with Gasteiger partial charge in [0.2, 0.25) is 0 Å². The largest absolute Gasteiger partial charge is 0.378 e. The summed E-state index contributed by atoms with van der Waals surface area (Å²) < 4.78 is 5.29. The molecule has 3 amide bonds. The van der Waals surface area contributed by atoms with Gasteiger partial charge in [0, 0.05) is 13.0 Å². The third-order valence-corrected chi connectivity index (χ3v) is 4.42. The Bertz CT molecular complexity index is 814. The molecule has 0 bridgehead atoms. The molecular formula is C16H16N4O3. The van der Waals surface area contributed by atoms with E-state index in [2.05, 4.69) is 15.3 Å². The van der Waals surface area contributed by atoms with Crippen LogP contribution in [0.15, 0.2) is 24.3 Å². The lowest BCUT2D eigenvalue weighted by Gasteiger charge is -2.18. The summed E-state index contributed by atoms with van der Waals surface area (Å²) >= 11 is 0. The molecule has 7 heteroatoms. The van der Waals surface area contributed by atoms with Gasteiger partial charge in [0.25, 0.3) is 5.91 Å². The van der Waals surface area contributed by atoms with Crippen molar-refractivity contribution >= 4 is 23.0 Å². The molecule has 23 heavy (non-hydrogen) atoms. The molecule has 0 radical (unpaired) electrons. The number of carbonyl (C=O) groups excluding carboxylic acids is 2. The first-order valence-corrected chi connectivity index (χ1v) is 7.53. The second-order valence-electron chi connectivity index (χ2n) is 5.95. The van der Waals surface area contributed by atoms with Crippen LogP contribution in [0, 0.1) is 6.92 Å². The van der Waals surface area contributed by atoms with Crippen LogP contribution in [0.5, 0.6) is 0 Å². The van der Waals surface area contributed by atoms with Gasteiger partial charge in [-0.2, -0.15) is 0 Å². The molecule has 2 fully saturated rings. The third-order valence-electron chi connectivity index (χ3n) is 4.42. The summed E-state index contributed by atoms with van der Waals surface area (Å²) in [7, 11) is 0. The summed E-state index contributed by atoms with van der Waals surface area (Å²) in [5, 5.41) is 2.77. The zero-order valence-corrected chi connectivity index (χ0v) is 12.7. The number of nitrogens with one attached hydrogen (secondary N) is 1. The minimum Gasteiger partial charge on any atom is -0.378 e. The lowest BCUT2D eigenvalue weighted by Crippen LogP contribution is -2.47. The van der Waals surface area contributed by atoms with Crippen LogP contribution in [0.1, 0.15) is 17.8 Å². The zero-order valence-electron chi connectivity index (χ0n) is 12.7. The Labute approximate surface area is 132 Å². The molecule has 1 aromatic carbocycles. The van der Waals surface area contributed by atoms with Crippen LogP contribution < -0.4 is 5.32 Å². The summed E-state index contributed by atoms with van der Waals surface area (Å²) in [5.41, 5.74) is 2.00. The van der Waals surface area contributed by atoms with E-state index in [1.165, 1.54) is 4.90 Å². The van der Waals surface area contributed by atoms with Crippen molar-refractivity contribution in [2.45, 2.75) is 25.4 Å². The van der Waals surface area contributed by atoms with Gasteiger partial charge in [-0.05, 0) is 19.1 Å². The van der Waals surface area contributed by atoms with Crippen molar-refractivity contribution < 1.29 is 14.3 Å². The summed E-state index contributed by atoms with van der Waals surface area (Å²) in [5.74, 6) is -0.241. The van der Waals surface area contributed by atoms with E-state index in [1.807, 2.05) is 31.2 Å². The number of fused-ring (bicyclic) bond motifs is 1. The van der Waals surface area contributed by atoms with Gasteiger partial charge in [0.15, 0.2) is 0 Å². The predicted molar refractivity (Wildman–Crippen MR) is 81.5 cm³/mol. The SMILES string of the molecule is Cc1nc2ccccc2nc1CN1C(=O)NC2(CCOC2)C1=O. The summed E-state index contributed by atoms with van der Waals surface area (Å²) in [6, 6.07) is 7.14. The topological polar surface area (TPSA) is 84.4 Å². The minimum absolute atomic E-state index is 0.121. The number of aromatic nitrogens is 2. The third kappa shape index (κ3) is 2.16. The van der Waals surface area contributed by atoms with Crippen LogP contribution in [0.3, 0.4) is 0 Å². The maximum Gasteiger partial charge on any atom is 0.325 e. The highest BCUT2D eigenvalue weighted by Crippen LogP contribution is 2.28. The quantitative estimate of drug-likeness (QED) is 0.841. The van der Waals surface area contributed by atoms with E-state index >= 15 is 0 Å². The van der Waals surface area contributed by atoms with E-state index in [1.54, 1.807) is 0 Å². The van der Waals surface area contributed by atoms with Crippen molar-refractivity contribution in [1.82, 2.24) is 20.2 Å². The van der Waals surface area contributed by atoms with Gasteiger partial charge in [0.1, 0.15) is 5.54 Å². The van der Waals surface area contributed by atoms with Crippen LogP contribution in [0.25, 0.3) is 11.0 Å². The van der Waals surface area contributed by atoms with E-state index in [0.717, 1.165) is 11.0 Å². The molecule has 2 aromatic rings. The molecule has 2 aliphatic rings. The Morgan fingerprint density at radius 2 is 2.00 bits per heavy atom. The van der Waals surface area contributed by atoms with E-state index in [9.17, 15) is 9.59 Å². The van der Waals surface area contributed by atoms with Crippen molar-refractivity contribution in [1.29, 1.82) is 0 Å². The molecule has 7 nitrogen and oxygen atoms in total. The van der Waals surface area contributed by atoms with Crippen molar-refractivity contribution in [3.63, 3.8) is 0 Å². The van der Waals surface area contributed by atoms with Gasteiger partial charge in [-0.15, -0.1) is 0 Å². The van der Waals surface area contributed by atoms with Crippen LogP contribution in [0.4, 0.5) is 4.79 Å². The number of aryl methyl sites for hydroxylation is 1. The molecule has 3 heterocycles. The Balaban J connectivity index is 1.66. The fourth-order valence-electron chi connectivity index (χ4n) is 3.08. The number of carbonyl (C=O) groups is 2. The summed E-state index contributed by atoms with van der Waals surface area (Å²) in [6.07, 6.45) is 0.510. The maximum absolute atomic E-state index is 12.6. The van der Waals surface area contributed by atoms with Crippen molar-refractivity contribution in [2.75, 3.05) is 13.2 Å². The first kappa shape index (κ1) is 14.1. The van der Waals surface area contributed by atoms with Crippen LogP contribution in [0.2, 0.25) is 0 Å². The second kappa shape index (κ2) is 4.99. The molecule has 2 saturated heterocycles. The van der Waals surface area contributed by atoms with Gasteiger partial charge >= 0.3 is 6.03 Å². The van der Waals surface area contributed by atoms with Gasteiger partial charge in [-0.25, -0.2) is 14.8 Å². The highest BCUT2D eigenvalue weighted by atomic mass is 16.5. The highest BCUT2D eigenvalue weighted by molar-refractivity contribution is 6.07. The van der Waals surface area contributed by atoms with Gasteiger partial charge in [0.05, 0.1) is 35.6 Å². The number of urea groups is 1. The molecular weight excluding hydrogens is 296 g/mol. The fourth-order valence-corrected chi connectivity index (χ4v) is 3.08. The Kier molecular flexibility index (Phi) is 3.05. The first-order chi connectivity index (χ1) is 11.1. The number of amides is 3. The van der Waals surface area contributed by atoms with Crippen LogP contribution in [-0.2, 0) is 16.1 Å². The first-order valence-electron chi connectivity index (χ1n) is 7.53. The van der Waals surface area contributed by atoms with Gasteiger partial charge < -0.3 is 10.1 Å². The highest BCUT2D eigenvalue weighted by Gasteiger charge is 2.53. The number of benzene rings is 1. The molecule has 1 N–H and O–H groups in total. The van der Waals surface area contributed by atoms with E-state index < -0.39 is 11.6 Å². The minimum atomic E-state index is -0.894. The zero-order chi connectivity index (χ0) is 16.0. The number of ether oxygens (including phenoxy) is 1. The van der Waals surface area contributed by atoms with Crippen molar-refractivity contribution in [2.24, 2.45) is 0 Å². The molecule has 1 spiro atoms. The Morgan fingerprint density at radius 1 is 1.26 bits per heavy atom. The van der Waals surface area contributed by atoms with Crippen LogP contribution in [-0.4, -0.2) is 45.6 Å². The number of rotatable bonds is 2. The number of para-hydroxylation sites is 2. The number of nitrogens with zero attached hydrogens (tertiary/aromatic N) is 3. The fraction of sp³-hybridized carbons (Fsp3) is 0.375. The van der Waals surface area contributed by atoms with Gasteiger partial charge in [-0.1, -0.05) is 12.1 Å². The van der Waals surface area contributed by atoms with Crippen molar-refractivity contribution in [3.05, 3.63) is 35.7 Å². The molecule has 1 unspecified atom stereocenters. The van der Waals surface area contributed by atoms with E-state index in [0.29, 0.717) is 24.4 Å². The van der Waals surface area contributed by atoms with Crippen molar-refractivity contribution in [3.8, 4) is 0 Å². The van der Waals surface area contributed by atoms with E-state index in [4.69, 9.17) is 4.74 Å². The normalized spacial score (nSPS) is 24.0. The number of imide groups is 1. The molecule has 4 rings (SSSR count). The Morgan fingerprint density at radius 3 is 2.70 bits per heavy atom. The Hall–Kier alpha value is -2.54. The van der Waals surface area contributed by atoms with E-state index in [-0.39, 0.29) is 19.1 Å². The molecule has 1 aromatic heterocycles. The molecule has 0 saturated carbocycles. The van der Waals surface area contributed by atoms with Crippen LogP contribution >= 0.6 is 0 Å². The average Bonchev–Trinajstić information content (AvgIpc) is 3.09. The average molecular weight is 312 g/mol. The number of hydrogen-bond donors (Lipinski definition) is 1. The summed E-state index contributed by atoms with van der Waals surface area (Å²) in [4.78, 5) is 35.1. The lowest BCUT2D eigenvalue weighted by atomic mass is 9.99. The standard InChI is InChI=1S/C16H16N4O3/c1-10-13(18-12-5-3-2-4-11(12)17-10)8-20-14(21)16(19-15(20)22)6-7-23-9-16/h2-5H,6-9H2,1H3,(H,19,22). The van der Waals surface area contributed by atoms with Gasteiger partial charge in [-0.3, -0.25) is 9.69 Å². The molecule has 1 atom stereocenters. The monoisotopic (exact) mass is 312 g/mol. The predicted octanol–water partition coefficient (Wildman–Crippen LogP) is 1.15. The smallest absolute Gasteiger partial charge is 0.325 e.